The van der Waals surface area contributed by atoms with Gasteiger partial charge in [-0.15, -0.1) is 11.8 Å². The molecular formula is C26H30OS. The van der Waals surface area contributed by atoms with Crippen LogP contribution in [0.2, 0.25) is 0 Å². The summed E-state index contributed by atoms with van der Waals surface area (Å²) in [6, 6.07) is 24.6. The van der Waals surface area contributed by atoms with E-state index >= 15 is 0 Å². The molecule has 28 heavy (non-hydrogen) atoms. The van der Waals surface area contributed by atoms with Gasteiger partial charge in [0.2, 0.25) is 0 Å². The summed E-state index contributed by atoms with van der Waals surface area (Å²) < 4.78 is 0.161. The first-order valence-corrected chi connectivity index (χ1v) is 11.0. The highest BCUT2D eigenvalue weighted by atomic mass is 32.2. The van der Waals surface area contributed by atoms with Gasteiger partial charge in [0, 0.05) is 20.8 Å². The van der Waals surface area contributed by atoms with Crippen LogP contribution in [-0.2, 0) is 0 Å². The third-order valence-electron chi connectivity index (χ3n) is 5.03. The molecule has 3 aromatic carbocycles. The zero-order valence-electron chi connectivity index (χ0n) is 17.1. The summed E-state index contributed by atoms with van der Waals surface area (Å²) in [5.74, 6) is 0.352. The van der Waals surface area contributed by atoms with Crippen LogP contribution in [-0.4, -0.2) is 9.85 Å². The van der Waals surface area contributed by atoms with Crippen molar-refractivity contribution in [3.05, 3.63) is 72.8 Å². The third kappa shape index (κ3) is 5.20. The topological polar surface area (TPSA) is 20.2 Å². The van der Waals surface area contributed by atoms with Gasteiger partial charge < -0.3 is 5.11 Å². The molecule has 0 atom stereocenters. The molecule has 0 saturated heterocycles. The maximum absolute atomic E-state index is 11.1. The van der Waals surface area contributed by atoms with Crippen molar-refractivity contribution in [1.29, 1.82) is 0 Å². The minimum absolute atomic E-state index is 0.161. The molecule has 0 aromatic heterocycles. The van der Waals surface area contributed by atoms with Crippen molar-refractivity contribution in [3.8, 4) is 28.0 Å². The first kappa shape index (κ1) is 20.5. The lowest BCUT2D eigenvalue weighted by Crippen LogP contribution is -2.14. The van der Waals surface area contributed by atoms with E-state index < -0.39 is 0 Å². The van der Waals surface area contributed by atoms with Crippen molar-refractivity contribution in [1.82, 2.24) is 0 Å². The standard InChI is InChI=1S/C26H30OS/c1-4-5-12-17-26(2,3)28-22-18-23(20-13-8-6-9-14-20)25(27)24(19-22)21-15-10-7-11-16-21/h6-11,13-16,18-19,27H,4-5,12,17H2,1-3H3. The second kappa shape index (κ2) is 9.34. The molecule has 0 aliphatic rings. The molecule has 2 heteroatoms. The van der Waals surface area contributed by atoms with Gasteiger partial charge in [-0.25, -0.2) is 0 Å². The zero-order valence-corrected chi connectivity index (χ0v) is 17.9. The number of hydrogen-bond acceptors (Lipinski definition) is 2. The molecule has 0 aliphatic carbocycles. The summed E-state index contributed by atoms with van der Waals surface area (Å²) in [5, 5.41) is 11.1. The molecule has 0 heterocycles. The first-order chi connectivity index (χ1) is 13.5. The smallest absolute Gasteiger partial charge is 0.131 e. The van der Waals surface area contributed by atoms with Crippen LogP contribution in [0.3, 0.4) is 0 Å². The van der Waals surface area contributed by atoms with E-state index in [9.17, 15) is 5.11 Å². The van der Waals surface area contributed by atoms with Crippen LogP contribution in [0.25, 0.3) is 22.3 Å². The Labute approximate surface area is 173 Å². The summed E-state index contributed by atoms with van der Waals surface area (Å²) in [5.41, 5.74) is 3.88. The Morgan fingerprint density at radius 2 is 1.29 bits per heavy atom. The van der Waals surface area contributed by atoms with Gasteiger partial charge in [0.05, 0.1) is 0 Å². The number of thioether (sulfide) groups is 1. The molecule has 146 valence electrons. The van der Waals surface area contributed by atoms with E-state index in [-0.39, 0.29) is 4.75 Å². The lowest BCUT2D eigenvalue weighted by atomic mass is 9.97. The summed E-state index contributed by atoms with van der Waals surface area (Å²) in [4.78, 5) is 1.21. The quantitative estimate of drug-likeness (QED) is 0.309. The van der Waals surface area contributed by atoms with Crippen molar-refractivity contribution in [2.75, 3.05) is 0 Å². The molecular weight excluding hydrogens is 360 g/mol. The van der Waals surface area contributed by atoms with Crippen LogP contribution in [0.5, 0.6) is 5.75 Å². The average Bonchev–Trinajstić information content (AvgIpc) is 2.70. The van der Waals surface area contributed by atoms with Crippen LogP contribution < -0.4 is 0 Å². The van der Waals surface area contributed by atoms with Gasteiger partial charge in [-0.2, -0.15) is 0 Å². The Morgan fingerprint density at radius 1 is 0.786 bits per heavy atom. The predicted molar refractivity (Wildman–Crippen MR) is 123 cm³/mol. The number of phenolic OH excluding ortho intramolecular Hbond substituents is 1. The Balaban J connectivity index is 2.03. The molecule has 1 nitrogen and oxygen atoms in total. The molecule has 0 saturated carbocycles. The van der Waals surface area contributed by atoms with Gasteiger partial charge in [-0.3, -0.25) is 0 Å². The summed E-state index contributed by atoms with van der Waals surface area (Å²) in [6.07, 6.45) is 4.97. The highest BCUT2D eigenvalue weighted by Gasteiger charge is 2.21. The van der Waals surface area contributed by atoms with Crippen molar-refractivity contribution in [2.45, 2.75) is 56.1 Å². The van der Waals surface area contributed by atoms with E-state index in [4.69, 9.17) is 0 Å². The Hall–Kier alpha value is -2.19. The van der Waals surface area contributed by atoms with Gasteiger partial charge in [0.1, 0.15) is 5.75 Å². The van der Waals surface area contributed by atoms with Gasteiger partial charge in [0.25, 0.3) is 0 Å². The maximum atomic E-state index is 11.1. The third-order valence-corrected chi connectivity index (χ3v) is 6.26. The van der Waals surface area contributed by atoms with Crippen molar-refractivity contribution < 1.29 is 5.11 Å². The minimum atomic E-state index is 0.161. The molecule has 3 rings (SSSR count). The van der Waals surface area contributed by atoms with Gasteiger partial charge in [-0.05, 0) is 29.7 Å². The number of hydrogen-bond donors (Lipinski definition) is 1. The van der Waals surface area contributed by atoms with Crippen molar-refractivity contribution in [3.63, 3.8) is 0 Å². The molecule has 3 aromatic rings. The first-order valence-electron chi connectivity index (χ1n) is 10.2. The van der Waals surface area contributed by atoms with Crippen molar-refractivity contribution >= 4 is 11.8 Å². The van der Waals surface area contributed by atoms with Crippen LogP contribution in [0, 0.1) is 0 Å². The molecule has 0 bridgehead atoms. The number of phenols is 1. The van der Waals surface area contributed by atoms with Crippen LogP contribution in [0.15, 0.2) is 77.7 Å². The fourth-order valence-corrected chi connectivity index (χ4v) is 4.75. The second-order valence-electron chi connectivity index (χ2n) is 7.92. The average molecular weight is 391 g/mol. The van der Waals surface area contributed by atoms with E-state index in [2.05, 4.69) is 57.2 Å². The highest BCUT2D eigenvalue weighted by Crippen LogP contribution is 2.45. The van der Waals surface area contributed by atoms with E-state index in [0.717, 1.165) is 22.3 Å². The fraction of sp³-hybridized carbons (Fsp3) is 0.308. The monoisotopic (exact) mass is 390 g/mol. The predicted octanol–water partition coefficient (Wildman–Crippen LogP) is 8.18. The normalized spacial score (nSPS) is 11.5. The lowest BCUT2D eigenvalue weighted by Gasteiger charge is -2.25. The molecule has 0 radical (unpaired) electrons. The summed E-state index contributed by atoms with van der Waals surface area (Å²) >= 11 is 1.91. The Bertz CT molecular complexity index is 824. The van der Waals surface area contributed by atoms with E-state index in [1.165, 1.54) is 30.6 Å². The number of aromatic hydroxyl groups is 1. The molecule has 0 spiro atoms. The number of unbranched alkanes of at least 4 members (excludes halogenated alkanes) is 2. The molecule has 1 N–H and O–H groups in total. The van der Waals surface area contributed by atoms with Crippen LogP contribution >= 0.6 is 11.8 Å². The summed E-state index contributed by atoms with van der Waals surface area (Å²) in [6.45, 7) is 6.90. The van der Waals surface area contributed by atoms with Crippen LogP contribution in [0.4, 0.5) is 0 Å². The molecule has 0 amide bonds. The molecule has 0 aliphatic heterocycles. The Kier molecular flexibility index (Phi) is 6.85. The zero-order chi connectivity index (χ0) is 20.0. The largest absolute Gasteiger partial charge is 0.507 e. The van der Waals surface area contributed by atoms with E-state index in [1.807, 2.05) is 48.2 Å². The lowest BCUT2D eigenvalue weighted by molar-refractivity contribution is 0.479. The highest BCUT2D eigenvalue weighted by molar-refractivity contribution is 8.00. The fourth-order valence-electron chi connectivity index (χ4n) is 3.51. The van der Waals surface area contributed by atoms with Gasteiger partial charge >= 0.3 is 0 Å². The van der Waals surface area contributed by atoms with E-state index in [0.29, 0.717) is 5.75 Å². The van der Waals surface area contributed by atoms with E-state index in [1.54, 1.807) is 0 Å². The van der Waals surface area contributed by atoms with Crippen molar-refractivity contribution in [2.24, 2.45) is 0 Å². The maximum Gasteiger partial charge on any atom is 0.131 e. The summed E-state index contributed by atoms with van der Waals surface area (Å²) in [7, 11) is 0. The molecule has 0 fully saturated rings. The second-order valence-corrected chi connectivity index (χ2v) is 9.70. The minimum Gasteiger partial charge on any atom is -0.507 e. The van der Waals surface area contributed by atoms with Crippen LogP contribution in [0.1, 0.15) is 46.5 Å². The molecule has 0 unspecified atom stereocenters. The SMILES string of the molecule is CCCCCC(C)(C)Sc1cc(-c2ccccc2)c(O)c(-c2ccccc2)c1. The van der Waals surface area contributed by atoms with Gasteiger partial charge in [-0.1, -0.05) is 101 Å². The Morgan fingerprint density at radius 3 is 1.75 bits per heavy atom. The number of benzene rings is 3. The van der Waals surface area contributed by atoms with Gasteiger partial charge in [0.15, 0.2) is 0 Å². The number of rotatable bonds is 8.